The first-order valence-electron chi connectivity index (χ1n) is 10.5. The van der Waals surface area contributed by atoms with Crippen LogP contribution in [-0.4, -0.2) is 81.3 Å². The smallest absolute Gasteiger partial charge is 0.317 e. The number of aromatic nitrogens is 2. The molecule has 33 heavy (non-hydrogen) atoms. The topological polar surface area (TPSA) is 128 Å². The van der Waals surface area contributed by atoms with E-state index in [1.807, 2.05) is 36.9 Å². The molecule has 10 nitrogen and oxygen atoms in total. The number of imidazole rings is 1. The largest absolute Gasteiger partial charge is 0.483 e. The Labute approximate surface area is 192 Å². The number of aryl methyl sites for hydroxylation is 1. The highest BCUT2D eigenvalue weighted by molar-refractivity contribution is 5.74. The second-order valence-electron chi connectivity index (χ2n) is 7.42. The van der Waals surface area contributed by atoms with Crippen LogP contribution in [0.2, 0.25) is 0 Å². The number of halogens is 1. The van der Waals surface area contributed by atoms with E-state index in [4.69, 9.17) is 19.8 Å². The zero-order valence-corrected chi connectivity index (χ0v) is 18.9. The predicted molar refractivity (Wildman–Crippen MR) is 120 cm³/mol. The van der Waals surface area contributed by atoms with Crippen LogP contribution in [0.15, 0.2) is 36.7 Å². The monoisotopic (exact) mass is 465 g/mol. The summed E-state index contributed by atoms with van der Waals surface area (Å²) in [6.45, 7) is 5.04. The summed E-state index contributed by atoms with van der Waals surface area (Å²) >= 11 is 0. The fourth-order valence-electron chi connectivity index (χ4n) is 3.47. The maximum Gasteiger partial charge on any atom is 0.317 e. The van der Waals surface area contributed by atoms with Crippen molar-refractivity contribution in [1.29, 1.82) is 0 Å². The molecular weight excluding hydrogens is 433 g/mol. The number of carboxylic acid groups (broad SMARTS) is 2. The maximum atomic E-state index is 13.9. The van der Waals surface area contributed by atoms with E-state index in [1.165, 1.54) is 6.07 Å². The lowest BCUT2D eigenvalue weighted by molar-refractivity contribution is -0.123. The van der Waals surface area contributed by atoms with E-state index < -0.39 is 0 Å². The average Bonchev–Trinajstić information content (AvgIpc) is 3.20. The van der Waals surface area contributed by atoms with Crippen molar-refractivity contribution in [3.63, 3.8) is 0 Å². The van der Waals surface area contributed by atoms with E-state index in [1.54, 1.807) is 17.2 Å². The lowest BCUT2D eigenvalue weighted by Gasteiger charge is -2.34. The first-order valence-corrected chi connectivity index (χ1v) is 10.5. The minimum absolute atomic E-state index is 0.0643. The van der Waals surface area contributed by atoms with E-state index in [-0.39, 0.29) is 30.8 Å². The zero-order chi connectivity index (χ0) is 24.6. The quantitative estimate of drug-likeness (QED) is 0.557. The standard InChI is InChI=1S/C20H28FN5O.2CH2O2/c1-16-22-9-11-26(16)13-12-24(2)20(27)23-18-7-5-10-25(15-18)14-17-6-3-4-8-19(17)21;2*2-1-3/h3-4,6,8-9,11,18H,5,7,10,12-15H2,1-2H3,(H,23,27);2*1H,(H,2,3). The van der Waals surface area contributed by atoms with Gasteiger partial charge >= 0.3 is 6.03 Å². The lowest BCUT2D eigenvalue weighted by Crippen LogP contribution is -2.51. The van der Waals surface area contributed by atoms with Gasteiger partial charge in [0.15, 0.2) is 0 Å². The molecule has 1 aliphatic heterocycles. The van der Waals surface area contributed by atoms with E-state index in [0.717, 1.165) is 38.3 Å². The minimum Gasteiger partial charge on any atom is -0.483 e. The number of carbonyl (C=O) groups is 3. The van der Waals surface area contributed by atoms with Crippen LogP contribution in [0, 0.1) is 12.7 Å². The summed E-state index contributed by atoms with van der Waals surface area (Å²) < 4.78 is 15.9. The van der Waals surface area contributed by atoms with Crippen LogP contribution in [0.3, 0.4) is 0 Å². The van der Waals surface area contributed by atoms with Crippen molar-refractivity contribution in [2.75, 3.05) is 26.7 Å². The van der Waals surface area contributed by atoms with Crippen molar-refractivity contribution < 1.29 is 29.0 Å². The Kier molecular flexibility index (Phi) is 12.8. The third kappa shape index (κ3) is 10.1. The van der Waals surface area contributed by atoms with Gasteiger partial charge < -0.3 is 25.0 Å². The van der Waals surface area contributed by atoms with Gasteiger partial charge in [0.2, 0.25) is 0 Å². The number of likely N-dealkylation sites (tertiary alicyclic amines) is 1. The molecule has 1 aliphatic rings. The first-order chi connectivity index (χ1) is 15.9. The van der Waals surface area contributed by atoms with Crippen LogP contribution in [0.25, 0.3) is 0 Å². The van der Waals surface area contributed by atoms with Crippen LogP contribution in [0.1, 0.15) is 24.2 Å². The van der Waals surface area contributed by atoms with Gasteiger partial charge in [-0.1, -0.05) is 18.2 Å². The van der Waals surface area contributed by atoms with E-state index in [9.17, 15) is 9.18 Å². The third-order valence-corrected chi connectivity index (χ3v) is 5.13. The van der Waals surface area contributed by atoms with Gasteiger partial charge in [0.05, 0.1) is 0 Å². The van der Waals surface area contributed by atoms with Gasteiger partial charge in [-0.05, 0) is 32.4 Å². The molecular formula is C22H32FN5O5. The number of nitrogens with zero attached hydrogens (tertiary/aromatic N) is 4. The highest BCUT2D eigenvalue weighted by Gasteiger charge is 2.23. The predicted octanol–water partition coefficient (Wildman–Crippen LogP) is 2.04. The molecule has 1 unspecified atom stereocenters. The number of nitrogens with one attached hydrogen (secondary N) is 1. The number of likely N-dealkylation sites (N-methyl/N-ethyl adjacent to an activating group) is 1. The van der Waals surface area contributed by atoms with E-state index in [0.29, 0.717) is 18.7 Å². The molecule has 1 saturated heterocycles. The molecule has 11 heteroatoms. The van der Waals surface area contributed by atoms with E-state index in [2.05, 4.69) is 15.2 Å². The van der Waals surface area contributed by atoms with Crippen molar-refractivity contribution in [1.82, 2.24) is 24.7 Å². The lowest BCUT2D eigenvalue weighted by atomic mass is 10.0. The maximum absolute atomic E-state index is 13.9. The van der Waals surface area contributed by atoms with Crippen molar-refractivity contribution in [2.45, 2.75) is 38.9 Å². The Hall–Kier alpha value is -3.47. The molecule has 0 spiro atoms. The van der Waals surface area contributed by atoms with Gasteiger partial charge in [0.25, 0.3) is 12.9 Å². The molecule has 1 aromatic heterocycles. The molecule has 0 saturated carbocycles. The Morgan fingerprint density at radius 3 is 2.58 bits per heavy atom. The highest BCUT2D eigenvalue weighted by Crippen LogP contribution is 2.16. The fourth-order valence-corrected chi connectivity index (χ4v) is 3.47. The molecule has 1 fully saturated rings. The van der Waals surface area contributed by atoms with Crippen molar-refractivity contribution in [3.8, 4) is 0 Å². The Bertz CT molecular complexity index is 857. The second kappa shape index (κ2) is 15.4. The number of benzene rings is 1. The summed E-state index contributed by atoms with van der Waals surface area (Å²) in [5.74, 6) is 0.776. The number of piperidine rings is 1. The number of rotatable bonds is 6. The molecule has 0 aliphatic carbocycles. The van der Waals surface area contributed by atoms with Crippen LogP contribution >= 0.6 is 0 Å². The molecule has 2 amide bonds. The van der Waals surface area contributed by atoms with Crippen LogP contribution in [0.4, 0.5) is 9.18 Å². The van der Waals surface area contributed by atoms with Gasteiger partial charge in [-0.3, -0.25) is 14.5 Å². The molecule has 1 atom stereocenters. The molecule has 3 N–H and O–H groups in total. The first kappa shape index (κ1) is 27.6. The van der Waals surface area contributed by atoms with Crippen LogP contribution < -0.4 is 5.32 Å². The highest BCUT2D eigenvalue weighted by atomic mass is 19.1. The summed E-state index contributed by atoms with van der Waals surface area (Å²) in [4.78, 5) is 37.3. The fraction of sp³-hybridized carbons (Fsp3) is 0.455. The van der Waals surface area contributed by atoms with Gasteiger partial charge in [0, 0.05) is 57.2 Å². The normalized spacial score (nSPS) is 15.2. The van der Waals surface area contributed by atoms with Crippen molar-refractivity contribution >= 4 is 19.0 Å². The number of hydrogen-bond acceptors (Lipinski definition) is 5. The number of hydrogen-bond donors (Lipinski definition) is 3. The van der Waals surface area contributed by atoms with Gasteiger partial charge in [-0.2, -0.15) is 0 Å². The average molecular weight is 466 g/mol. The number of urea groups is 1. The summed E-state index contributed by atoms with van der Waals surface area (Å²) in [5.41, 5.74) is 0.706. The Balaban J connectivity index is 0.000000819. The third-order valence-electron chi connectivity index (χ3n) is 5.13. The Morgan fingerprint density at radius 1 is 1.30 bits per heavy atom. The molecule has 0 bridgehead atoms. The molecule has 0 radical (unpaired) electrons. The molecule has 1 aromatic carbocycles. The summed E-state index contributed by atoms with van der Waals surface area (Å²) in [6.07, 6.45) is 5.63. The van der Waals surface area contributed by atoms with Gasteiger partial charge in [-0.15, -0.1) is 0 Å². The summed E-state index contributed by atoms with van der Waals surface area (Å²) in [6, 6.07) is 6.91. The summed E-state index contributed by atoms with van der Waals surface area (Å²) in [7, 11) is 1.81. The van der Waals surface area contributed by atoms with Crippen LogP contribution in [-0.2, 0) is 22.7 Å². The minimum atomic E-state index is -0.250. The van der Waals surface area contributed by atoms with Gasteiger partial charge in [-0.25, -0.2) is 14.2 Å². The molecule has 3 rings (SSSR count). The zero-order valence-electron chi connectivity index (χ0n) is 18.9. The van der Waals surface area contributed by atoms with Gasteiger partial charge in [0.1, 0.15) is 11.6 Å². The SMILES string of the molecule is Cc1nccn1CCN(C)C(=O)NC1CCCN(Cc2ccccc2F)C1.O=CO.O=CO. The summed E-state index contributed by atoms with van der Waals surface area (Å²) in [5, 5.41) is 16.9. The van der Waals surface area contributed by atoms with E-state index >= 15 is 0 Å². The molecule has 2 heterocycles. The van der Waals surface area contributed by atoms with Crippen molar-refractivity contribution in [3.05, 3.63) is 53.9 Å². The van der Waals surface area contributed by atoms with Crippen LogP contribution in [0.5, 0.6) is 0 Å². The second-order valence-corrected chi connectivity index (χ2v) is 7.42. The number of amides is 2. The Morgan fingerprint density at radius 2 is 1.97 bits per heavy atom. The molecule has 182 valence electrons. The number of carbonyl (C=O) groups excluding carboxylic acids is 1. The molecule has 2 aromatic rings. The van der Waals surface area contributed by atoms with Crippen molar-refractivity contribution in [2.24, 2.45) is 0 Å².